The summed E-state index contributed by atoms with van der Waals surface area (Å²) < 4.78 is 11.4. The van der Waals surface area contributed by atoms with Crippen LogP contribution in [-0.4, -0.2) is 30.7 Å². The Bertz CT molecular complexity index is 1270. The Kier molecular flexibility index (Phi) is 9.09. The Hall–Kier alpha value is -3.58. The van der Waals surface area contributed by atoms with E-state index in [-0.39, 0.29) is 11.4 Å². The van der Waals surface area contributed by atoms with Gasteiger partial charge in [0.2, 0.25) is 0 Å². The van der Waals surface area contributed by atoms with E-state index in [4.69, 9.17) is 9.15 Å². The predicted octanol–water partition coefficient (Wildman–Crippen LogP) is 5.34. The molecule has 0 saturated carbocycles. The third kappa shape index (κ3) is 6.96. The van der Waals surface area contributed by atoms with Crippen LogP contribution in [0.15, 0.2) is 57.3 Å². The molecular weight excluding hydrogens is 444 g/mol. The molecule has 0 spiro atoms. The molecule has 0 unspecified atom stereocenters. The van der Waals surface area contributed by atoms with E-state index in [1.807, 2.05) is 39.0 Å². The van der Waals surface area contributed by atoms with E-state index in [2.05, 4.69) is 17.6 Å². The number of phenolic OH excluding ortho intramolecular Hbond substituents is 1. The van der Waals surface area contributed by atoms with Gasteiger partial charge in [0.1, 0.15) is 22.8 Å². The first-order valence-electron chi connectivity index (χ1n) is 12.0. The summed E-state index contributed by atoms with van der Waals surface area (Å²) in [5, 5.41) is 16.8. The summed E-state index contributed by atoms with van der Waals surface area (Å²) in [7, 11) is 0. The van der Waals surface area contributed by atoms with Crippen LogP contribution in [0.25, 0.3) is 11.0 Å². The molecule has 186 valence electrons. The van der Waals surface area contributed by atoms with E-state index in [1.165, 1.54) is 12.1 Å². The maximum absolute atomic E-state index is 12.8. The van der Waals surface area contributed by atoms with Crippen LogP contribution in [-0.2, 0) is 6.42 Å². The zero-order valence-electron chi connectivity index (χ0n) is 20.9. The highest BCUT2D eigenvalue weighted by Crippen LogP contribution is 2.28. The molecule has 0 atom stereocenters. The molecule has 0 aliphatic carbocycles. The van der Waals surface area contributed by atoms with Gasteiger partial charge in [0.05, 0.1) is 6.61 Å². The third-order valence-corrected chi connectivity index (χ3v) is 5.60. The molecule has 35 heavy (non-hydrogen) atoms. The van der Waals surface area contributed by atoms with Crippen LogP contribution in [0.2, 0.25) is 0 Å². The summed E-state index contributed by atoms with van der Waals surface area (Å²) in [5.41, 5.74) is 2.67. The van der Waals surface area contributed by atoms with Crippen LogP contribution in [0.1, 0.15) is 55.1 Å². The largest absolute Gasteiger partial charge is 0.508 e. The van der Waals surface area contributed by atoms with Crippen LogP contribution in [0.3, 0.4) is 0 Å². The van der Waals surface area contributed by atoms with Crippen LogP contribution in [0.4, 0.5) is 5.69 Å². The van der Waals surface area contributed by atoms with Crippen LogP contribution < -0.4 is 21.0 Å². The van der Waals surface area contributed by atoms with Crippen molar-refractivity contribution in [3.8, 4) is 11.5 Å². The number of carbonyl (C=O) groups is 1. The van der Waals surface area contributed by atoms with E-state index in [1.54, 1.807) is 12.1 Å². The molecule has 0 fully saturated rings. The van der Waals surface area contributed by atoms with Crippen molar-refractivity contribution < 1.29 is 19.1 Å². The number of anilines is 1. The smallest absolute Gasteiger partial charge is 0.360 e. The van der Waals surface area contributed by atoms with Gasteiger partial charge in [-0.1, -0.05) is 18.6 Å². The molecule has 3 N–H and O–H groups in total. The lowest BCUT2D eigenvalue weighted by molar-refractivity contribution is 0.102. The summed E-state index contributed by atoms with van der Waals surface area (Å²) in [6.45, 7) is 10.3. The number of aromatic hydroxyl groups is 1. The highest BCUT2D eigenvalue weighted by molar-refractivity contribution is 6.05. The molecule has 0 radical (unpaired) electrons. The van der Waals surface area contributed by atoms with Crippen LogP contribution in [0.5, 0.6) is 11.5 Å². The fourth-order valence-corrected chi connectivity index (χ4v) is 3.63. The first kappa shape index (κ1) is 26.0. The third-order valence-electron chi connectivity index (χ3n) is 5.60. The number of fused-ring (bicyclic) bond motifs is 1. The topological polar surface area (TPSA) is 101 Å². The Morgan fingerprint density at radius 3 is 2.69 bits per heavy atom. The highest BCUT2D eigenvalue weighted by atomic mass is 16.5. The molecule has 7 heteroatoms. The molecular formula is C28H34N2O5. The summed E-state index contributed by atoms with van der Waals surface area (Å²) in [6.07, 6.45) is 4.45. The maximum atomic E-state index is 12.8. The van der Waals surface area contributed by atoms with Crippen molar-refractivity contribution in [3.05, 3.63) is 75.2 Å². The second kappa shape index (κ2) is 12.2. The van der Waals surface area contributed by atoms with Crippen molar-refractivity contribution in [2.24, 2.45) is 0 Å². The van der Waals surface area contributed by atoms with E-state index in [0.29, 0.717) is 40.9 Å². The zero-order valence-corrected chi connectivity index (χ0v) is 20.9. The molecule has 3 aromatic rings. The Morgan fingerprint density at radius 2 is 1.94 bits per heavy atom. The average Bonchev–Trinajstić information content (AvgIpc) is 2.83. The fraction of sp³-hybridized carbons (Fsp3) is 0.357. The molecule has 0 saturated heterocycles. The molecule has 1 aromatic heterocycles. The van der Waals surface area contributed by atoms with E-state index < -0.39 is 11.5 Å². The van der Waals surface area contributed by atoms with E-state index in [0.717, 1.165) is 37.1 Å². The van der Waals surface area contributed by atoms with Gasteiger partial charge >= 0.3 is 5.63 Å². The molecule has 1 heterocycles. The predicted molar refractivity (Wildman–Crippen MR) is 140 cm³/mol. The zero-order chi connectivity index (χ0) is 25.4. The van der Waals surface area contributed by atoms with Gasteiger partial charge in [-0.25, -0.2) is 4.79 Å². The minimum atomic E-state index is -0.640. The van der Waals surface area contributed by atoms with E-state index >= 15 is 0 Å². The monoisotopic (exact) mass is 478 g/mol. The number of amides is 1. The number of aryl methyl sites for hydroxylation is 1. The number of carbonyl (C=O) groups excluding carboxylic acids is 1. The molecule has 2 aromatic carbocycles. The Balaban J connectivity index is 1.75. The van der Waals surface area contributed by atoms with Gasteiger partial charge in [-0.3, -0.25) is 4.79 Å². The second-order valence-corrected chi connectivity index (χ2v) is 8.79. The number of phenols is 1. The van der Waals surface area contributed by atoms with Gasteiger partial charge in [0.15, 0.2) is 0 Å². The first-order valence-corrected chi connectivity index (χ1v) is 12.0. The number of benzene rings is 2. The van der Waals surface area contributed by atoms with Crippen molar-refractivity contribution in [3.63, 3.8) is 0 Å². The van der Waals surface area contributed by atoms with Gasteiger partial charge < -0.3 is 24.9 Å². The summed E-state index contributed by atoms with van der Waals surface area (Å²) in [4.78, 5) is 25.5. The van der Waals surface area contributed by atoms with Gasteiger partial charge in [-0.2, -0.15) is 0 Å². The molecule has 7 nitrogen and oxygen atoms in total. The van der Waals surface area contributed by atoms with E-state index in [9.17, 15) is 14.7 Å². The lowest BCUT2D eigenvalue weighted by Gasteiger charge is -2.12. The lowest BCUT2D eigenvalue weighted by Crippen LogP contribution is -2.18. The first-order chi connectivity index (χ1) is 16.8. The molecule has 3 rings (SSSR count). The minimum Gasteiger partial charge on any atom is -0.508 e. The second-order valence-electron chi connectivity index (χ2n) is 8.79. The normalized spacial score (nSPS) is 10.9. The van der Waals surface area contributed by atoms with Crippen molar-refractivity contribution in [2.45, 2.75) is 47.0 Å². The van der Waals surface area contributed by atoms with Gasteiger partial charge in [0, 0.05) is 16.5 Å². The molecule has 0 bridgehead atoms. The molecule has 0 aliphatic heterocycles. The summed E-state index contributed by atoms with van der Waals surface area (Å²) in [6, 6.07) is 9.89. The maximum Gasteiger partial charge on any atom is 0.360 e. The fourth-order valence-electron chi connectivity index (χ4n) is 3.63. The number of hydrogen-bond donors (Lipinski definition) is 3. The van der Waals surface area contributed by atoms with Crippen molar-refractivity contribution in [2.75, 3.05) is 25.0 Å². The Morgan fingerprint density at radius 1 is 1.14 bits per heavy atom. The summed E-state index contributed by atoms with van der Waals surface area (Å²) >= 11 is 0. The number of ether oxygens (including phenoxy) is 1. The number of nitrogens with one attached hydrogen (secondary N) is 2. The number of rotatable bonds is 11. The van der Waals surface area contributed by atoms with Gasteiger partial charge in [-0.05, 0) is 95.1 Å². The minimum absolute atomic E-state index is 0.0523. The SMILES string of the molecule is CCCNCCCOc1ccc2cc(NC(=O)c3ccc(O)c(CC=C(C)C)c3)c(=O)oc2c1C. The number of allylic oxidation sites excluding steroid dienone is 2. The van der Waals surface area contributed by atoms with Crippen molar-refractivity contribution >= 4 is 22.6 Å². The van der Waals surface area contributed by atoms with Crippen LogP contribution in [0, 0.1) is 6.92 Å². The van der Waals surface area contributed by atoms with Crippen LogP contribution >= 0.6 is 0 Å². The highest BCUT2D eigenvalue weighted by Gasteiger charge is 2.15. The standard InChI is InChI=1S/C28H34N2O5/c1-5-13-29-14-6-15-34-25-12-10-21-17-23(28(33)35-26(21)19(25)4)30-27(32)22-9-11-24(31)20(16-22)8-7-18(2)3/h7,9-12,16-17,29,31H,5-6,8,13-15H2,1-4H3,(H,30,32). The summed E-state index contributed by atoms with van der Waals surface area (Å²) in [5.74, 6) is 0.333. The van der Waals surface area contributed by atoms with Crippen molar-refractivity contribution in [1.82, 2.24) is 5.32 Å². The number of hydrogen-bond acceptors (Lipinski definition) is 6. The van der Waals surface area contributed by atoms with Gasteiger partial charge in [-0.15, -0.1) is 0 Å². The Labute approximate surface area is 205 Å². The molecule has 0 aliphatic rings. The average molecular weight is 479 g/mol. The van der Waals surface area contributed by atoms with Crippen molar-refractivity contribution in [1.29, 1.82) is 0 Å². The lowest BCUT2D eigenvalue weighted by atomic mass is 10.0. The quantitative estimate of drug-likeness (QED) is 0.195. The van der Waals surface area contributed by atoms with Gasteiger partial charge in [0.25, 0.3) is 5.91 Å². The molecule has 1 amide bonds.